The molecule has 2 heterocycles. The summed E-state index contributed by atoms with van der Waals surface area (Å²) in [7, 11) is 1.58. The van der Waals surface area contributed by atoms with Crippen LogP contribution in [0.15, 0.2) is 48.8 Å². The molecular formula is C20H23N3O2S. The van der Waals surface area contributed by atoms with Crippen LogP contribution in [-0.4, -0.2) is 60.6 Å². The highest BCUT2D eigenvalue weighted by Crippen LogP contribution is 2.15. The Bertz CT molecular complexity index is 741. The molecule has 0 bridgehead atoms. The molecule has 0 spiro atoms. The standard InChI is InChI=1S/C20H23N3O2S/c1-25-20(26)14-16-2-4-17(5-3-16)19(24)15-22-10-12-23(13-11-22)18-6-8-21-9-7-18/h2-9H,10-15H2,1H3. The molecule has 26 heavy (non-hydrogen) atoms. The van der Waals surface area contributed by atoms with Gasteiger partial charge in [-0.05, 0) is 29.9 Å². The fraction of sp³-hybridized carbons (Fsp3) is 0.350. The zero-order chi connectivity index (χ0) is 18.4. The second-order valence-corrected chi connectivity index (χ2v) is 6.80. The van der Waals surface area contributed by atoms with Crippen LogP contribution in [0.3, 0.4) is 0 Å². The number of Topliss-reactive ketones (excluding diaryl/α,β-unsaturated/α-hetero) is 1. The fourth-order valence-electron chi connectivity index (χ4n) is 3.06. The van der Waals surface area contributed by atoms with Crippen molar-refractivity contribution in [3.8, 4) is 0 Å². The van der Waals surface area contributed by atoms with Gasteiger partial charge in [0.25, 0.3) is 0 Å². The van der Waals surface area contributed by atoms with Crippen molar-refractivity contribution < 1.29 is 9.53 Å². The number of rotatable bonds is 6. The third-order valence-electron chi connectivity index (χ3n) is 4.62. The van der Waals surface area contributed by atoms with Gasteiger partial charge in [0.05, 0.1) is 13.7 Å². The lowest BCUT2D eigenvalue weighted by molar-refractivity contribution is 0.0926. The molecule has 1 fully saturated rings. The normalized spacial score (nSPS) is 14.9. The van der Waals surface area contributed by atoms with Gasteiger partial charge >= 0.3 is 0 Å². The molecule has 0 N–H and O–H groups in total. The van der Waals surface area contributed by atoms with E-state index in [-0.39, 0.29) is 5.78 Å². The number of anilines is 1. The molecule has 1 saturated heterocycles. The summed E-state index contributed by atoms with van der Waals surface area (Å²) in [5.41, 5.74) is 2.99. The Morgan fingerprint density at radius 1 is 1.08 bits per heavy atom. The van der Waals surface area contributed by atoms with E-state index in [1.54, 1.807) is 7.11 Å². The second kappa shape index (κ2) is 8.87. The molecule has 0 saturated carbocycles. The maximum atomic E-state index is 12.5. The third-order valence-corrected chi connectivity index (χ3v) is 4.93. The van der Waals surface area contributed by atoms with E-state index in [1.807, 2.05) is 48.8 Å². The van der Waals surface area contributed by atoms with Gasteiger partial charge in [-0.25, -0.2) is 0 Å². The molecule has 0 aliphatic carbocycles. The summed E-state index contributed by atoms with van der Waals surface area (Å²) in [5, 5.41) is 0.552. The number of benzene rings is 1. The zero-order valence-corrected chi connectivity index (χ0v) is 15.7. The molecular weight excluding hydrogens is 346 g/mol. The predicted molar refractivity (Wildman–Crippen MR) is 107 cm³/mol. The second-order valence-electron chi connectivity index (χ2n) is 6.34. The van der Waals surface area contributed by atoms with Crippen LogP contribution in [0.25, 0.3) is 0 Å². The van der Waals surface area contributed by atoms with Gasteiger partial charge in [-0.2, -0.15) is 0 Å². The van der Waals surface area contributed by atoms with Crippen LogP contribution < -0.4 is 4.90 Å². The Hall–Kier alpha value is -2.31. The number of nitrogens with zero attached hydrogens (tertiary/aromatic N) is 3. The van der Waals surface area contributed by atoms with Gasteiger partial charge in [-0.15, -0.1) is 0 Å². The van der Waals surface area contributed by atoms with Crippen LogP contribution in [0.2, 0.25) is 0 Å². The Morgan fingerprint density at radius 2 is 1.73 bits per heavy atom. The maximum Gasteiger partial charge on any atom is 0.176 e. The first kappa shape index (κ1) is 18.5. The first-order valence-electron chi connectivity index (χ1n) is 8.72. The van der Waals surface area contributed by atoms with Gasteiger partial charge in [0, 0.05) is 56.2 Å². The maximum absolute atomic E-state index is 12.5. The summed E-state index contributed by atoms with van der Waals surface area (Å²) in [5.74, 6) is 0.156. The van der Waals surface area contributed by atoms with Crippen LogP contribution in [0.4, 0.5) is 5.69 Å². The van der Waals surface area contributed by atoms with Crippen molar-refractivity contribution in [1.29, 1.82) is 0 Å². The van der Waals surface area contributed by atoms with Gasteiger partial charge in [-0.1, -0.05) is 24.3 Å². The zero-order valence-electron chi connectivity index (χ0n) is 14.9. The fourth-order valence-corrected chi connectivity index (χ4v) is 3.23. The predicted octanol–water partition coefficient (Wildman–Crippen LogP) is 2.60. The summed E-state index contributed by atoms with van der Waals surface area (Å²) in [6, 6.07) is 11.7. The van der Waals surface area contributed by atoms with E-state index in [0.717, 1.165) is 37.3 Å². The van der Waals surface area contributed by atoms with E-state index in [4.69, 9.17) is 17.0 Å². The Kier molecular flexibility index (Phi) is 6.30. The quantitative estimate of drug-likeness (QED) is 0.576. The van der Waals surface area contributed by atoms with Gasteiger partial charge in [0.15, 0.2) is 10.8 Å². The molecule has 5 nitrogen and oxygen atoms in total. The van der Waals surface area contributed by atoms with E-state index < -0.39 is 0 Å². The van der Waals surface area contributed by atoms with E-state index in [9.17, 15) is 4.79 Å². The summed E-state index contributed by atoms with van der Waals surface area (Å²) in [6.07, 6.45) is 4.22. The van der Waals surface area contributed by atoms with Gasteiger partial charge in [0.2, 0.25) is 0 Å². The van der Waals surface area contributed by atoms with Crippen molar-refractivity contribution >= 4 is 28.7 Å². The summed E-state index contributed by atoms with van der Waals surface area (Å²) < 4.78 is 5.02. The number of aromatic nitrogens is 1. The van der Waals surface area contributed by atoms with Gasteiger partial charge in [-0.3, -0.25) is 14.7 Å². The number of carbonyl (C=O) groups excluding carboxylic acids is 1. The van der Waals surface area contributed by atoms with Crippen molar-refractivity contribution in [3.05, 3.63) is 59.9 Å². The van der Waals surface area contributed by atoms with Gasteiger partial charge < -0.3 is 9.64 Å². The van der Waals surface area contributed by atoms with Crippen molar-refractivity contribution in [3.63, 3.8) is 0 Å². The topological polar surface area (TPSA) is 45.7 Å². The van der Waals surface area contributed by atoms with Crippen molar-refractivity contribution in [2.75, 3.05) is 44.7 Å². The van der Waals surface area contributed by atoms with E-state index in [0.29, 0.717) is 18.0 Å². The van der Waals surface area contributed by atoms with E-state index in [1.165, 1.54) is 5.69 Å². The first-order valence-corrected chi connectivity index (χ1v) is 9.13. The largest absolute Gasteiger partial charge is 0.490 e. The number of piperazine rings is 1. The molecule has 1 aromatic carbocycles. The van der Waals surface area contributed by atoms with Crippen LogP contribution in [-0.2, 0) is 11.2 Å². The number of hydrogen-bond acceptors (Lipinski definition) is 6. The highest BCUT2D eigenvalue weighted by atomic mass is 32.1. The smallest absolute Gasteiger partial charge is 0.176 e. The summed E-state index contributed by atoms with van der Waals surface area (Å²) in [4.78, 5) is 21.1. The molecule has 3 rings (SSSR count). The van der Waals surface area contributed by atoms with Crippen molar-refractivity contribution in [2.45, 2.75) is 6.42 Å². The molecule has 1 aliphatic heterocycles. The molecule has 1 aliphatic rings. The SMILES string of the molecule is COC(=S)Cc1ccc(C(=O)CN2CCN(c3ccncc3)CC2)cc1. The molecule has 0 atom stereocenters. The molecule has 2 aromatic rings. The minimum Gasteiger partial charge on any atom is -0.490 e. The average molecular weight is 369 g/mol. The van der Waals surface area contributed by atoms with Crippen LogP contribution in [0.1, 0.15) is 15.9 Å². The number of pyridine rings is 1. The molecule has 0 amide bonds. The van der Waals surface area contributed by atoms with Gasteiger partial charge in [0.1, 0.15) is 0 Å². The van der Waals surface area contributed by atoms with Crippen molar-refractivity contribution in [2.24, 2.45) is 0 Å². The highest BCUT2D eigenvalue weighted by Gasteiger charge is 2.19. The number of thiocarbonyl (C=S) groups is 1. The van der Waals surface area contributed by atoms with Crippen molar-refractivity contribution in [1.82, 2.24) is 9.88 Å². The first-order chi connectivity index (χ1) is 12.7. The lowest BCUT2D eigenvalue weighted by Gasteiger charge is -2.35. The number of methoxy groups -OCH3 is 1. The van der Waals surface area contributed by atoms with E-state index >= 15 is 0 Å². The minimum absolute atomic E-state index is 0.156. The lowest BCUT2D eigenvalue weighted by atomic mass is 10.1. The molecule has 6 heteroatoms. The minimum atomic E-state index is 0.156. The average Bonchev–Trinajstić information content (AvgIpc) is 2.69. The van der Waals surface area contributed by atoms with Crippen LogP contribution in [0.5, 0.6) is 0 Å². The Morgan fingerprint density at radius 3 is 2.35 bits per heavy atom. The highest BCUT2D eigenvalue weighted by molar-refractivity contribution is 7.80. The Balaban J connectivity index is 1.50. The number of carbonyl (C=O) groups is 1. The third kappa shape index (κ3) is 4.86. The number of ketones is 1. The summed E-state index contributed by atoms with van der Waals surface area (Å²) >= 11 is 5.07. The van der Waals surface area contributed by atoms with Crippen LogP contribution >= 0.6 is 12.2 Å². The molecule has 136 valence electrons. The molecule has 1 aromatic heterocycles. The molecule has 0 unspecified atom stereocenters. The number of ether oxygens (including phenoxy) is 1. The van der Waals surface area contributed by atoms with Crippen LogP contribution in [0, 0.1) is 0 Å². The monoisotopic (exact) mass is 369 g/mol. The Labute approximate surface area is 159 Å². The summed E-state index contributed by atoms with van der Waals surface area (Å²) in [6.45, 7) is 4.07. The lowest BCUT2D eigenvalue weighted by Crippen LogP contribution is -2.48. The van der Waals surface area contributed by atoms with E-state index in [2.05, 4.69) is 14.8 Å². The number of hydrogen-bond donors (Lipinski definition) is 0. The molecule has 0 radical (unpaired) electrons.